The molecule has 2 aliphatic rings. The number of hydrogen-bond acceptors (Lipinski definition) is 3. The van der Waals surface area contributed by atoms with Crippen molar-refractivity contribution in [1.82, 2.24) is 9.97 Å². The fraction of sp³-hybridized carbons (Fsp3) is 0.261. The Morgan fingerprint density at radius 2 is 1.94 bits per heavy atom. The summed E-state index contributed by atoms with van der Waals surface area (Å²) >= 11 is 0. The van der Waals surface area contributed by atoms with Crippen molar-refractivity contribution in [2.24, 2.45) is 0 Å². The Morgan fingerprint density at radius 3 is 2.69 bits per heavy atom. The van der Waals surface area contributed by atoms with Gasteiger partial charge in [0.2, 0.25) is 0 Å². The van der Waals surface area contributed by atoms with Gasteiger partial charge in [0, 0.05) is 23.1 Å². The predicted octanol–water partition coefficient (Wildman–Crippen LogP) is 5.99. The second-order valence-corrected chi connectivity index (χ2v) is 7.95. The molecule has 0 radical (unpaired) electrons. The molecule has 3 heterocycles. The smallest absolute Gasteiger partial charge is 0.292 e. The topological polar surface area (TPSA) is 58.1 Å². The van der Waals surface area contributed by atoms with Crippen LogP contribution in [0.3, 0.4) is 0 Å². The van der Waals surface area contributed by atoms with Gasteiger partial charge in [0.05, 0.1) is 17.5 Å². The predicted molar refractivity (Wildman–Crippen MR) is 111 cm³/mol. The van der Waals surface area contributed by atoms with E-state index in [1.807, 2.05) is 6.07 Å². The molecule has 2 amide bonds. The van der Waals surface area contributed by atoms with E-state index in [9.17, 15) is 22.4 Å². The molecule has 5 nitrogen and oxygen atoms in total. The lowest BCUT2D eigenvalue weighted by Gasteiger charge is -2.24. The summed E-state index contributed by atoms with van der Waals surface area (Å²) in [5, 5.41) is 2.67. The standard InChI is InChI=1S/C23H18F4N4O/c24-15-7-10-20(28-12-15)30-22(32)31-19-6-2-5-16(19)17-8-9-18(29-21(17)31)13-3-1-4-14(11-13)23(25,26)27/h1,3-4,7-12,16,19H,2,5-6H2,(H,28,30,32). The normalized spacial score (nSPS) is 19.6. The van der Waals surface area contributed by atoms with Crippen LogP contribution in [0.1, 0.15) is 36.3 Å². The molecule has 1 N–H and O–H groups in total. The first-order valence-electron chi connectivity index (χ1n) is 10.2. The third-order valence-electron chi connectivity index (χ3n) is 6.01. The minimum atomic E-state index is -4.46. The van der Waals surface area contributed by atoms with E-state index in [2.05, 4.69) is 15.3 Å². The Balaban J connectivity index is 1.51. The summed E-state index contributed by atoms with van der Waals surface area (Å²) in [6, 6.07) is 10.5. The zero-order chi connectivity index (χ0) is 22.5. The van der Waals surface area contributed by atoms with Crippen LogP contribution in [0.5, 0.6) is 0 Å². The van der Waals surface area contributed by atoms with E-state index < -0.39 is 23.6 Å². The van der Waals surface area contributed by atoms with Crippen LogP contribution in [0.25, 0.3) is 11.3 Å². The van der Waals surface area contributed by atoms with Gasteiger partial charge >= 0.3 is 12.2 Å². The third kappa shape index (κ3) is 3.57. The highest BCUT2D eigenvalue weighted by molar-refractivity contribution is 6.03. The second kappa shape index (κ2) is 7.58. The molecule has 2 aromatic heterocycles. The van der Waals surface area contributed by atoms with Gasteiger partial charge in [-0.25, -0.2) is 19.2 Å². The molecular formula is C23H18F4N4O. The summed E-state index contributed by atoms with van der Waals surface area (Å²) in [6.45, 7) is 0. The molecule has 0 bridgehead atoms. The van der Waals surface area contributed by atoms with E-state index in [0.717, 1.165) is 43.2 Å². The van der Waals surface area contributed by atoms with Gasteiger partial charge in [-0.2, -0.15) is 13.2 Å². The molecule has 1 aliphatic carbocycles. The summed E-state index contributed by atoms with van der Waals surface area (Å²) in [6.07, 6.45) is -0.790. The van der Waals surface area contributed by atoms with Crippen molar-refractivity contribution in [3.63, 3.8) is 0 Å². The Hall–Kier alpha value is -3.49. The maximum Gasteiger partial charge on any atom is 0.416 e. The summed E-state index contributed by atoms with van der Waals surface area (Å²) in [7, 11) is 0. The first kappa shape index (κ1) is 20.4. The van der Waals surface area contributed by atoms with Crippen LogP contribution in [0.15, 0.2) is 54.7 Å². The number of carbonyl (C=O) groups excluding carboxylic acids is 1. The van der Waals surface area contributed by atoms with Crippen molar-refractivity contribution in [1.29, 1.82) is 0 Å². The average Bonchev–Trinajstić information content (AvgIpc) is 3.35. The van der Waals surface area contributed by atoms with E-state index >= 15 is 0 Å². The van der Waals surface area contributed by atoms with E-state index in [1.165, 1.54) is 18.2 Å². The van der Waals surface area contributed by atoms with Crippen LogP contribution in [-0.2, 0) is 6.18 Å². The maximum atomic E-state index is 13.1. The van der Waals surface area contributed by atoms with Gasteiger partial charge in [-0.05, 0) is 43.2 Å². The van der Waals surface area contributed by atoms with Crippen molar-refractivity contribution in [3.8, 4) is 11.3 Å². The number of hydrogen-bond donors (Lipinski definition) is 1. The van der Waals surface area contributed by atoms with Gasteiger partial charge in [0.1, 0.15) is 17.5 Å². The number of benzene rings is 1. The molecule has 1 aliphatic heterocycles. The van der Waals surface area contributed by atoms with Crippen LogP contribution in [0, 0.1) is 5.82 Å². The number of aromatic nitrogens is 2. The van der Waals surface area contributed by atoms with Crippen LogP contribution in [-0.4, -0.2) is 22.0 Å². The van der Waals surface area contributed by atoms with Crippen LogP contribution in [0.2, 0.25) is 0 Å². The largest absolute Gasteiger partial charge is 0.416 e. The second-order valence-electron chi connectivity index (χ2n) is 7.95. The zero-order valence-electron chi connectivity index (χ0n) is 16.7. The van der Waals surface area contributed by atoms with Crippen molar-refractivity contribution in [2.75, 3.05) is 10.2 Å². The van der Waals surface area contributed by atoms with Gasteiger partial charge in [-0.3, -0.25) is 10.2 Å². The first-order valence-corrected chi connectivity index (χ1v) is 10.2. The molecule has 1 saturated carbocycles. The van der Waals surface area contributed by atoms with Gasteiger partial charge in [-0.1, -0.05) is 24.6 Å². The lowest BCUT2D eigenvalue weighted by Crippen LogP contribution is -2.40. The molecule has 3 aromatic rings. The summed E-state index contributed by atoms with van der Waals surface area (Å²) in [5.74, 6) is 0.250. The van der Waals surface area contributed by atoms with Gasteiger partial charge in [0.25, 0.3) is 0 Å². The number of alkyl halides is 3. The number of carbonyl (C=O) groups is 1. The lowest BCUT2D eigenvalue weighted by molar-refractivity contribution is -0.137. The molecule has 32 heavy (non-hydrogen) atoms. The Morgan fingerprint density at radius 1 is 1.09 bits per heavy atom. The number of pyridine rings is 2. The highest BCUT2D eigenvalue weighted by Gasteiger charge is 2.45. The average molecular weight is 442 g/mol. The zero-order valence-corrected chi connectivity index (χ0v) is 16.7. The minimum absolute atomic E-state index is 0.0882. The number of amides is 2. The maximum absolute atomic E-state index is 13.1. The van der Waals surface area contributed by atoms with E-state index in [0.29, 0.717) is 17.1 Å². The Bertz CT molecular complexity index is 1180. The van der Waals surface area contributed by atoms with Crippen molar-refractivity contribution in [3.05, 3.63) is 71.7 Å². The van der Waals surface area contributed by atoms with Crippen LogP contribution >= 0.6 is 0 Å². The Kier molecular flexibility index (Phi) is 4.83. The number of nitrogens with one attached hydrogen (secondary N) is 1. The van der Waals surface area contributed by atoms with Crippen molar-refractivity contribution < 1.29 is 22.4 Å². The highest BCUT2D eigenvalue weighted by Crippen LogP contribution is 2.49. The number of rotatable bonds is 2. The van der Waals surface area contributed by atoms with E-state index in [4.69, 9.17) is 0 Å². The lowest BCUT2D eigenvalue weighted by atomic mass is 9.98. The molecule has 0 saturated heterocycles. The number of fused-ring (bicyclic) bond motifs is 3. The molecule has 1 aromatic carbocycles. The van der Waals surface area contributed by atoms with Gasteiger partial charge in [-0.15, -0.1) is 0 Å². The molecule has 5 rings (SSSR count). The number of anilines is 2. The summed E-state index contributed by atoms with van der Waals surface area (Å²) < 4.78 is 52.6. The van der Waals surface area contributed by atoms with Crippen LogP contribution in [0.4, 0.5) is 34.0 Å². The van der Waals surface area contributed by atoms with E-state index in [-0.39, 0.29) is 17.8 Å². The van der Waals surface area contributed by atoms with Crippen molar-refractivity contribution in [2.45, 2.75) is 37.4 Å². The van der Waals surface area contributed by atoms with Gasteiger partial charge in [0.15, 0.2) is 0 Å². The first-order chi connectivity index (χ1) is 15.3. The molecule has 164 valence electrons. The molecule has 9 heteroatoms. The minimum Gasteiger partial charge on any atom is -0.292 e. The number of nitrogens with zero attached hydrogens (tertiary/aromatic N) is 3. The fourth-order valence-electron chi connectivity index (χ4n) is 4.59. The molecule has 0 spiro atoms. The van der Waals surface area contributed by atoms with Crippen molar-refractivity contribution >= 4 is 17.7 Å². The fourth-order valence-corrected chi connectivity index (χ4v) is 4.59. The Labute approximate surface area is 181 Å². The molecular weight excluding hydrogens is 424 g/mol. The molecule has 1 fully saturated rings. The highest BCUT2D eigenvalue weighted by atomic mass is 19.4. The molecule has 2 unspecified atom stereocenters. The van der Waals surface area contributed by atoms with E-state index in [1.54, 1.807) is 17.0 Å². The summed E-state index contributed by atoms with van der Waals surface area (Å²) in [5.41, 5.74) is 0.823. The monoisotopic (exact) mass is 442 g/mol. The van der Waals surface area contributed by atoms with Crippen LogP contribution < -0.4 is 10.2 Å². The summed E-state index contributed by atoms with van der Waals surface area (Å²) in [4.78, 5) is 23.2. The van der Waals surface area contributed by atoms with Gasteiger partial charge < -0.3 is 0 Å². The quantitative estimate of drug-likeness (QED) is 0.496. The molecule has 2 atom stereocenters. The number of urea groups is 1. The third-order valence-corrected chi connectivity index (χ3v) is 6.01. The number of halogens is 4. The SMILES string of the molecule is O=C(Nc1ccc(F)cn1)N1c2nc(-c3cccc(C(F)(F)F)c3)ccc2C2CCCC21.